The van der Waals surface area contributed by atoms with Crippen molar-refractivity contribution in [2.75, 3.05) is 0 Å². The number of rotatable bonds is 2. The number of hydrogen-bond donors (Lipinski definition) is 0. The van der Waals surface area contributed by atoms with Crippen molar-refractivity contribution < 1.29 is 9.47 Å². The minimum absolute atomic E-state index is 0.103. The smallest absolute Gasteiger partial charge is 0.260 e. The van der Waals surface area contributed by atoms with E-state index in [4.69, 9.17) is 9.47 Å². The Balaban J connectivity index is 1.29. The second kappa shape index (κ2) is 7.61. The van der Waals surface area contributed by atoms with Crippen molar-refractivity contribution >= 4 is 44.5 Å². The highest BCUT2D eigenvalue weighted by Gasteiger charge is 2.40. The maximum absolute atomic E-state index is 6.47. The molecule has 3 heterocycles. The standard InChI is InChI=1S/C32H19BO2S/c1-2-8-20(9-3-1)31-19-23-16-21(14-15-30(23)36-31)22-17-28-32-29(18-22)35-27-13-7-5-11-25(27)33(32)24-10-4-6-12-26(24)34-28/h1-19H. The molecule has 0 unspecified atom stereocenters. The zero-order valence-electron chi connectivity index (χ0n) is 19.3. The fourth-order valence-electron chi connectivity index (χ4n) is 5.53. The van der Waals surface area contributed by atoms with Crippen molar-refractivity contribution in [1.29, 1.82) is 0 Å². The Morgan fingerprint density at radius 1 is 0.500 bits per heavy atom. The van der Waals surface area contributed by atoms with E-state index in [2.05, 4.69) is 103 Å². The van der Waals surface area contributed by atoms with Gasteiger partial charge in [0.2, 0.25) is 0 Å². The van der Waals surface area contributed by atoms with Gasteiger partial charge in [0.25, 0.3) is 6.71 Å². The molecule has 0 aliphatic carbocycles. The highest BCUT2D eigenvalue weighted by molar-refractivity contribution is 7.22. The van der Waals surface area contributed by atoms with Crippen molar-refractivity contribution in [3.05, 3.63) is 115 Å². The Labute approximate surface area is 213 Å². The van der Waals surface area contributed by atoms with Gasteiger partial charge in [0, 0.05) is 15.0 Å². The Bertz CT molecular complexity index is 1730. The van der Waals surface area contributed by atoms with Crippen LogP contribution >= 0.6 is 11.3 Å². The third-order valence-corrected chi connectivity index (χ3v) is 8.37. The number of para-hydroxylation sites is 2. The molecule has 0 bridgehead atoms. The predicted octanol–water partition coefficient (Wildman–Crippen LogP) is 6.96. The molecule has 1 aromatic heterocycles. The molecule has 2 nitrogen and oxygen atoms in total. The third kappa shape index (κ3) is 2.98. The number of hydrogen-bond acceptors (Lipinski definition) is 3. The van der Waals surface area contributed by atoms with Gasteiger partial charge in [0.1, 0.15) is 23.0 Å². The first-order valence-electron chi connectivity index (χ1n) is 12.1. The van der Waals surface area contributed by atoms with E-state index in [-0.39, 0.29) is 6.71 Å². The van der Waals surface area contributed by atoms with Crippen LogP contribution in [0.4, 0.5) is 0 Å². The van der Waals surface area contributed by atoms with Crippen molar-refractivity contribution in [2.24, 2.45) is 0 Å². The summed E-state index contributed by atoms with van der Waals surface area (Å²) in [6, 6.07) is 40.6. The minimum Gasteiger partial charge on any atom is -0.458 e. The lowest BCUT2D eigenvalue weighted by molar-refractivity contribution is 0.465. The van der Waals surface area contributed by atoms with Gasteiger partial charge in [-0.2, -0.15) is 0 Å². The summed E-state index contributed by atoms with van der Waals surface area (Å²) in [6.07, 6.45) is 0. The second-order valence-corrected chi connectivity index (χ2v) is 10.4. The summed E-state index contributed by atoms with van der Waals surface area (Å²) in [5, 5.41) is 1.25. The van der Waals surface area contributed by atoms with Gasteiger partial charge in [0.05, 0.1) is 0 Å². The molecule has 0 saturated heterocycles. The predicted molar refractivity (Wildman–Crippen MR) is 150 cm³/mol. The largest absolute Gasteiger partial charge is 0.458 e. The third-order valence-electron chi connectivity index (χ3n) is 7.20. The number of fused-ring (bicyclic) bond motifs is 5. The van der Waals surface area contributed by atoms with Crippen LogP contribution in [0.5, 0.6) is 23.0 Å². The monoisotopic (exact) mass is 478 g/mol. The van der Waals surface area contributed by atoms with E-state index in [0.29, 0.717) is 0 Å². The van der Waals surface area contributed by atoms with E-state index in [1.165, 1.54) is 31.5 Å². The molecule has 5 aromatic carbocycles. The summed E-state index contributed by atoms with van der Waals surface area (Å²) in [5.74, 6) is 3.57. The van der Waals surface area contributed by atoms with Crippen LogP contribution < -0.4 is 25.9 Å². The summed E-state index contributed by atoms with van der Waals surface area (Å²) < 4.78 is 14.2. The van der Waals surface area contributed by atoms with Gasteiger partial charge in [-0.3, -0.25) is 0 Å². The molecular formula is C32H19BO2S. The summed E-state index contributed by atoms with van der Waals surface area (Å²) in [5.41, 5.74) is 6.98. The zero-order chi connectivity index (χ0) is 23.6. The second-order valence-electron chi connectivity index (χ2n) is 9.33. The van der Waals surface area contributed by atoms with Crippen LogP contribution in [0.25, 0.3) is 31.7 Å². The first-order chi connectivity index (χ1) is 17.8. The molecule has 0 spiro atoms. The van der Waals surface area contributed by atoms with Gasteiger partial charge in [0.15, 0.2) is 0 Å². The van der Waals surface area contributed by atoms with Gasteiger partial charge in [-0.1, -0.05) is 72.8 Å². The fourth-order valence-corrected chi connectivity index (χ4v) is 6.58. The minimum atomic E-state index is 0.103. The fraction of sp³-hybridized carbons (Fsp3) is 0. The average molecular weight is 478 g/mol. The molecule has 0 radical (unpaired) electrons. The molecule has 2 aliphatic rings. The van der Waals surface area contributed by atoms with Gasteiger partial charge >= 0.3 is 0 Å². The SMILES string of the molecule is c1ccc(-c2cc3cc(-c4cc5c6c(c4)Oc4ccccc4B6c4ccccc4O5)ccc3s2)cc1. The van der Waals surface area contributed by atoms with E-state index in [1.54, 1.807) is 0 Å². The summed E-state index contributed by atoms with van der Waals surface area (Å²) in [7, 11) is 0. The van der Waals surface area contributed by atoms with Gasteiger partial charge in [-0.25, -0.2) is 0 Å². The molecule has 6 aromatic rings. The van der Waals surface area contributed by atoms with E-state index in [9.17, 15) is 0 Å². The Hall–Kier alpha value is -4.28. The molecular weight excluding hydrogens is 459 g/mol. The van der Waals surface area contributed by atoms with Crippen LogP contribution in [0, 0.1) is 0 Å². The van der Waals surface area contributed by atoms with E-state index < -0.39 is 0 Å². The van der Waals surface area contributed by atoms with Crippen molar-refractivity contribution in [1.82, 2.24) is 0 Å². The summed E-state index contributed by atoms with van der Waals surface area (Å²) in [4.78, 5) is 1.28. The quantitative estimate of drug-likeness (QED) is 0.250. The molecule has 2 aliphatic heterocycles. The lowest BCUT2D eigenvalue weighted by atomic mass is 9.35. The number of ether oxygens (including phenoxy) is 2. The van der Waals surface area contributed by atoms with Crippen molar-refractivity contribution in [3.8, 4) is 44.6 Å². The molecule has 0 saturated carbocycles. The van der Waals surface area contributed by atoms with Gasteiger partial charge in [-0.05, 0) is 75.5 Å². The molecule has 0 N–H and O–H groups in total. The molecule has 0 amide bonds. The van der Waals surface area contributed by atoms with Crippen LogP contribution in [-0.2, 0) is 0 Å². The van der Waals surface area contributed by atoms with E-state index >= 15 is 0 Å². The maximum Gasteiger partial charge on any atom is 0.260 e. The zero-order valence-corrected chi connectivity index (χ0v) is 20.1. The van der Waals surface area contributed by atoms with Crippen LogP contribution in [0.3, 0.4) is 0 Å². The van der Waals surface area contributed by atoms with Crippen molar-refractivity contribution in [2.45, 2.75) is 0 Å². The highest BCUT2D eigenvalue weighted by atomic mass is 32.1. The molecule has 36 heavy (non-hydrogen) atoms. The molecule has 0 atom stereocenters. The number of benzene rings is 5. The van der Waals surface area contributed by atoms with Crippen molar-refractivity contribution in [3.63, 3.8) is 0 Å². The Morgan fingerprint density at radius 3 is 1.83 bits per heavy atom. The van der Waals surface area contributed by atoms with Gasteiger partial charge < -0.3 is 9.47 Å². The number of thiophene rings is 1. The highest BCUT2D eigenvalue weighted by Crippen LogP contribution is 2.40. The molecule has 8 rings (SSSR count). The average Bonchev–Trinajstić information content (AvgIpc) is 3.37. The lowest BCUT2D eigenvalue weighted by Gasteiger charge is -2.33. The van der Waals surface area contributed by atoms with Crippen LogP contribution in [-0.4, -0.2) is 6.71 Å². The normalized spacial score (nSPS) is 12.8. The summed E-state index contributed by atoms with van der Waals surface area (Å²) >= 11 is 1.83. The Morgan fingerprint density at radius 2 is 1.14 bits per heavy atom. The summed E-state index contributed by atoms with van der Waals surface area (Å²) in [6.45, 7) is 0.103. The van der Waals surface area contributed by atoms with E-state index in [0.717, 1.165) is 39.6 Å². The van der Waals surface area contributed by atoms with Crippen LogP contribution in [0.15, 0.2) is 115 Å². The maximum atomic E-state index is 6.47. The van der Waals surface area contributed by atoms with Crippen LogP contribution in [0.2, 0.25) is 0 Å². The first-order valence-corrected chi connectivity index (χ1v) is 12.9. The molecule has 0 fully saturated rings. The lowest BCUT2D eigenvalue weighted by Crippen LogP contribution is -2.57. The van der Waals surface area contributed by atoms with E-state index in [1.807, 2.05) is 23.5 Å². The van der Waals surface area contributed by atoms with Crippen LogP contribution in [0.1, 0.15) is 0 Å². The van der Waals surface area contributed by atoms with Gasteiger partial charge in [-0.15, -0.1) is 11.3 Å². The Kier molecular flexibility index (Phi) is 4.22. The molecule has 4 heteroatoms. The molecule has 168 valence electrons. The topological polar surface area (TPSA) is 18.5 Å². The first kappa shape index (κ1) is 20.0.